The van der Waals surface area contributed by atoms with Crippen molar-refractivity contribution in [1.29, 1.82) is 0 Å². The Hall–Kier alpha value is -2.69. The standard InChI is InChI=1S/C26H32O5/c1-6-11-31-17-9-7-16(8-10-17)22(23-18(27)12-25(2,3)13-19(23)28)24-20(29)14-26(4,5)15-21(24)30/h6-10,22-23,29H,1,11-15H2,2-5H3. The number of ether oxygens (including phenoxy) is 1. The van der Waals surface area contributed by atoms with E-state index in [1.54, 1.807) is 30.3 Å². The summed E-state index contributed by atoms with van der Waals surface area (Å²) in [5.74, 6) is -1.67. The molecule has 0 amide bonds. The third-order valence-corrected chi connectivity index (χ3v) is 6.15. The van der Waals surface area contributed by atoms with Gasteiger partial charge in [0, 0.05) is 37.2 Å². The molecule has 0 heterocycles. The largest absolute Gasteiger partial charge is 0.512 e. The van der Waals surface area contributed by atoms with E-state index in [4.69, 9.17) is 4.74 Å². The van der Waals surface area contributed by atoms with E-state index >= 15 is 0 Å². The summed E-state index contributed by atoms with van der Waals surface area (Å²) < 4.78 is 5.54. The molecule has 0 aromatic heterocycles. The number of aliphatic hydroxyl groups excluding tert-OH is 1. The van der Waals surface area contributed by atoms with Crippen LogP contribution in [0.4, 0.5) is 0 Å². The summed E-state index contributed by atoms with van der Waals surface area (Å²) in [5, 5.41) is 10.9. The van der Waals surface area contributed by atoms with Crippen molar-refractivity contribution in [2.75, 3.05) is 6.61 Å². The van der Waals surface area contributed by atoms with Gasteiger partial charge in [-0.2, -0.15) is 0 Å². The quantitative estimate of drug-likeness (QED) is 0.507. The molecule has 1 atom stereocenters. The number of aliphatic hydroxyl groups is 1. The van der Waals surface area contributed by atoms with E-state index in [9.17, 15) is 19.5 Å². The maximum absolute atomic E-state index is 13.2. The molecule has 1 fully saturated rings. The van der Waals surface area contributed by atoms with E-state index in [2.05, 4.69) is 6.58 Å². The fourth-order valence-corrected chi connectivity index (χ4v) is 4.88. The summed E-state index contributed by atoms with van der Waals surface area (Å²) >= 11 is 0. The third kappa shape index (κ3) is 4.97. The van der Waals surface area contributed by atoms with Crippen molar-refractivity contribution in [3.8, 4) is 5.75 Å². The number of ketones is 3. The highest BCUT2D eigenvalue weighted by atomic mass is 16.5. The lowest BCUT2D eigenvalue weighted by Crippen LogP contribution is -2.43. The van der Waals surface area contributed by atoms with Crippen LogP contribution in [0.15, 0.2) is 48.3 Å². The second-order valence-corrected chi connectivity index (χ2v) is 10.4. The molecule has 1 unspecified atom stereocenters. The van der Waals surface area contributed by atoms with Gasteiger partial charge in [-0.3, -0.25) is 14.4 Å². The van der Waals surface area contributed by atoms with E-state index in [-0.39, 0.29) is 53.4 Å². The van der Waals surface area contributed by atoms with Crippen LogP contribution in [0.25, 0.3) is 0 Å². The SMILES string of the molecule is C=CCOc1ccc(C(C2=C(O)CC(C)(C)CC2=O)C2C(=O)CC(C)(C)CC2=O)cc1. The first-order valence-corrected chi connectivity index (χ1v) is 10.8. The zero-order valence-corrected chi connectivity index (χ0v) is 18.9. The van der Waals surface area contributed by atoms with Gasteiger partial charge < -0.3 is 9.84 Å². The van der Waals surface area contributed by atoms with Crippen LogP contribution in [-0.2, 0) is 14.4 Å². The van der Waals surface area contributed by atoms with Gasteiger partial charge in [0.1, 0.15) is 29.7 Å². The second-order valence-electron chi connectivity index (χ2n) is 10.4. The molecule has 0 aliphatic heterocycles. The molecule has 0 spiro atoms. The fraction of sp³-hybridized carbons (Fsp3) is 0.500. The average molecular weight is 425 g/mol. The normalized spacial score (nSPS) is 22.4. The molecule has 1 aromatic carbocycles. The van der Waals surface area contributed by atoms with Gasteiger partial charge in [0.2, 0.25) is 0 Å². The van der Waals surface area contributed by atoms with Crippen LogP contribution in [0.5, 0.6) is 5.75 Å². The Balaban J connectivity index is 2.09. The van der Waals surface area contributed by atoms with E-state index in [0.717, 1.165) is 0 Å². The van der Waals surface area contributed by atoms with Crippen molar-refractivity contribution < 1.29 is 24.2 Å². The Morgan fingerprint density at radius 1 is 1.00 bits per heavy atom. The summed E-state index contributed by atoms with van der Waals surface area (Å²) in [7, 11) is 0. The maximum atomic E-state index is 13.2. The minimum atomic E-state index is -0.963. The van der Waals surface area contributed by atoms with Crippen LogP contribution in [0, 0.1) is 16.7 Å². The molecular weight excluding hydrogens is 392 g/mol. The van der Waals surface area contributed by atoms with Gasteiger partial charge in [-0.05, 0) is 28.5 Å². The van der Waals surface area contributed by atoms with Crippen molar-refractivity contribution in [1.82, 2.24) is 0 Å². The number of benzene rings is 1. The Kier molecular flexibility index (Phi) is 6.26. The number of allylic oxidation sites excluding steroid dienone is 2. The first kappa shape index (κ1) is 23.0. The monoisotopic (exact) mass is 424 g/mol. The molecule has 0 bridgehead atoms. The molecule has 31 heavy (non-hydrogen) atoms. The summed E-state index contributed by atoms with van der Waals surface area (Å²) in [6.45, 7) is 11.7. The summed E-state index contributed by atoms with van der Waals surface area (Å²) in [6.07, 6.45) is 2.79. The van der Waals surface area contributed by atoms with Crippen molar-refractivity contribution in [2.45, 2.75) is 59.3 Å². The van der Waals surface area contributed by atoms with Crippen LogP contribution in [0.1, 0.15) is 64.9 Å². The van der Waals surface area contributed by atoms with Gasteiger partial charge in [-0.1, -0.05) is 52.5 Å². The second kappa shape index (κ2) is 8.45. The Labute approximate surface area is 184 Å². The number of carbonyl (C=O) groups excluding carboxylic acids is 3. The molecule has 1 N–H and O–H groups in total. The van der Waals surface area contributed by atoms with Gasteiger partial charge in [-0.25, -0.2) is 0 Å². The van der Waals surface area contributed by atoms with Crippen LogP contribution < -0.4 is 4.74 Å². The number of hydrogen-bond acceptors (Lipinski definition) is 5. The zero-order chi connectivity index (χ0) is 23.0. The van der Waals surface area contributed by atoms with Crippen LogP contribution >= 0.6 is 0 Å². The topological polar surface area (TPSA) is 80.7 Å². The number of hydrogen-bond donors (Lipinski definition) is 1. The highest BCUT2D eigenvalue weighted by Gasteiger charge is 2.48. The first-order chi connectivity index (χ1) is 14.4. The summed E-state index contributed by atoms with van der Waals surface area (Å²) in [6, 6.07) is 7.05. The molecule has 5 nitrogen and oxygen atoms in total. The van der Waals surface area contributed by atoms with E-state index in [0.29, 0.717) is 24.3 Å². The molecule has 0 radical (unpaired) electrons. The van der Waals surface area contributed by atoms with Crippen LogP contribution in [0.2, 0.25) is 0 Å². The molecule has 5 heteroatoms. The number of carbonyl (C=O) groups is 3. The minimum Gasteiger partial charge on any atom is -0.512 e. The fourth-order valence-electron chi connectivity index (χ4n) is 4.88. The zero-order valence-electron chi connectivity index (χ0n) is 18.9. The molecule has 1 aromatic rings. The third-order valence-electron chi connectivity index (χ3n) is 6.15. The van der Waals surface area contributed by atoms with Gasteiger partial charge >= 0.3 is 0 Å². The molecule has 2 aliphatic rings. The predicted molar refractivity (Wildman–Crippen MR) is 119 cm³/mol. The predicted octanol–water partition coefficient (Wildman–Crippen LogP) is 5.11. The van der Waals surface area contributed by atoms with Gasteiger partial charge in [0.15, 0.2) is 5.78 Å². The molecule has 2 aliphatic carbocycles. The first-order valence-electron chi connectivity index (χ1n) is 10.8. The Morgan fingerprint density at radius 2 is 1.55 bits per heavy atom. The number of rotatable bonds is 6. The Bertz CT molecular complexity index is 913. The van der Waals surface area contributed by atoms with Crippen molar-refractivity contribution >= 4 is 17.3 Å². The van der Waals surface area contributed by atoms with Gasteiger partial charge in [0.25, 0.3) is 0 Å². The summed E-state index contributed by atoms with van der Waals surface area (Å²) in [5.41, 5.74) is 0.115. The average Bonchev–Trinajstić information content (AvgIpc) is 2.62. The Morgan fingerprint density at radius 3 is 2.06 bits per heavy atom. The molecular formula is C26H32O5. The van der Waals surface area contributed by atoms with Crippen molar-refractivity contribution in [3.05, 3.63) is 53.8 Å². The minimum absolute atomic E-state index is 0.0105. The molecule has 1 saturated carbocycles. The molecule has 0 saturated heterocycles. The van der Waals surface area contributed by atoms with Crippen molar-refractivity contribution in [3.63, 3.8) is 0 Å². The van der Waals surface area contributed by atoms with Crippen LogP contribution in [-0.4, -0.2) is 29.1 Å². The highest BCUT2D eigenvalue weighted by Crippen LogP contribution is 2.47. The molecule has 3 rings (SSSR count). The lowest BCUT2D eigenvalue weighted by molar-refractivity contribution is -0.140. The van der Waals surface area contributed by atoms with Crippen molar-refractivity contribution in [2.24, 2.45) is 16.7 Å². The van der Waals surface area contributed by atoms with Gasteiger partial charge in [0.05, 0.1) is 5.92 Å². The van der Waals surface area contributed by atoms with Crippen LogP contribution in [0.3, 0.4) is 0 Å². The number of Topliss-reactive ketones (excluding diaryl/α,β-unsaturated/α-hetero) is 3. The van der Waals surface area contributed by atoms with Gasteiger partial charge in [-0.15, -0.1) is 0 Å². The lowest BCUT2D eigenvalue weighted by atomic mass is 9.62. The maximum Gasteiger partial charge on any atom is 0.163 e. The summed E-state index contributed by atoms with van der Waals surface area (Å²) in [4.78, 5) is 39.5. The van der Waals surface area contributed by atoms with E-state index in [1.807, 2.05) is 27.7 Å². The van der Waals surface area contributed by atoms with E-state index in [1.165, 1.54) is 0 Å². The lowest BCUT2D eigenvalue weighted by Gasteiger charge is -2.39. The van der Waals surface area contributed by atoms with E-state index < -0.39 is 17.3 Å². The smallest absolute Gasteiger partial charge is 0.163 e. The highest BCUT2D eigenvalue weighted by molar-refractivity contribution is 6.09. The molecule has 166 valence electrons.